The van der Waals surface area contributed by atoms with Gasteiger partial charge >= 0.3 is 0 Å². The largest absolute Gasteiger partial charge is 0.393 e. The van der Waals surface area contributed by atoms with E-state index in [1.807, 2.05) is 24.3 Å². The van der Waals surface area contributed by atoms with Crippen LogP contribution in [-0.2, 0) is 11.2 Å². The van der Waals surface area contributed by atoms with Gasteiger partial charge in [0, 0.05) is 11.6 Å². The molecule has 4 heteroatoms. The smallest absolute Gasteiger partial charge is 0.226 e. The molecular weight excluding hydrogens is 286 g/mol. The first-order valence-electron chi connectivity index (χ1n) is 7.73. The molecule has 1 aliphatic rings. The van der Waals surface area contributed by atoms with E-state index in [0.29, 0.717) is 13.0 Å². The lowest BCUT2D eigenvalue weighted by Crippen LogP contribution is -2.41. The van der Waals surface area contributed by atoms with Crippen LogP contribution in [0, 0.1) is 5.41 Å². The van der Waals surface area contributed by atoms with Gasteiger partial charge in [-0.3, -0.25) is 4.79 Å². The van der Waals surface area contributed by atoms with Gasteiger partial charge in [-0.15, -0.1) is 0 Å². The quantitative estimate of drug-likeness (QED) is 0.847. The van der Waals surface area contributed by atoms with Crippen molar-refractivity contribution < 1.29 is 9.90 Å². The number of hydrogen-bond donors (Lipinski definition) is 2. The van der Waals surface area contributed by atoms with Crippen LogP contribution in [0.4, 0.5) is 0 Å². The van der Waals surface area contributed by atoms with Crippen LogP contribution < -0.4 is 5.32 Å². The second kappa shape index (κ2) is 7.28. The Bertz CT molecular complexity index is 481. The zero-order valence-electron chi connectivity index (χ0n) is 12.6. The van der Waals surface area contributed by atoms with Gasteiger partial charge in [-0.25, -0.2) is 0 Å². The average molecular weight is 310 g/mol. The molecule has 1 aliphatic carbocycles. The number of hydrogen-bond acceptors (Lipinski definition) is 2. The summed E-state index contributed by atoms with van der Waals surface area (Å²) in [5.41, 5.74) is 0.818. The van der Waals surface area contributed by atoms with E-state index in [1.165, 1.54) is 0 Å². The number of rotatable bonds is 6. The van der Waals surface area contributed by atoms with Gasteiger partial charge in [0.1, 0.15) is 0 Å². The summed E-state index contributed by atoms with van der Waals surface area (Å²) in [4.78, 5) is 12.6. The minimum Gasteiger partial charge on any atom is -0.393 e. The number of amides is 1. The normalized spacial score (nSPS) is 18.4. The van der Waals surface area contributed by atoms with Gasteiger partial charge in [0.05, 0.1) is 11.5 Å². The summed E-state index contributed by atoms with van der Waals surface area (Å²) in [6, 6.07) is 7.78. The van der Waals surface area contributed by atoms with Crippen molar-refractivity contribution in [1.82, 2.24) is 5.32 Å². The highest BCUT2D eigenvalue weighted by Gasteiger charge is 2.40. The maximum Gasteiger partial charge on any atom is 0.226 e. The SMILES string of the molecule is CC(O)CCNC(=O)C1(Cc2cccc(Cl)c2)CCCC1. The summed E-state index contributed by atoms with van der Waals surface area (Å²) in [5.74, 6) is 0.126. The van der Waals surface area contributed by atoms with Crippen molar-refractivity contribution in [3.63, 3.8) is 0 Å². The molecule has 0 radical (unpaired) electrons. The minimum atomic E-state index is -0.377. The zero-order valence-corrected chi connectivity index (χ0v) is 13.3. The molecular formula is C17H24ClNO2. The first-order chi connectivity index (χ1) is 10.0. The molecule has 2 N–H and O–H groups in total. The van der Waals surface area contributed by atoms with Gasteiger partial charge in [0.15, 0.2) is 0 Å². The van der Waals surface area contributed by atoms with Crippen LogP contribution in [0.25, 0.3) is 0 Å². The van der Waals surface area contributed by atoms with Crippen molar-refractivity contribution >= 4 is 17.5 Å². The number of benzene rings is 1. The highest BCUT2D eigenvalue weighted by molar-refractivity contribution is 6.30. The number of nitrogens with one attached hydrogen (secondary N) is 1. The Morgan fingerprint density at radius 3 is 2.76 bits per heavy atom. The van der Waals surface area contributed by atoms with Crippen LogP contribution >= 0.6 is 11.6 Å². The molecule has 1 aromatic rings. The summed E-state index contributed by atoms with van der Waals surface area (Å²) in [5, 5.41) is 13.0. The van der Waals surface area contributed by atoms with Crippen molar-refractivity contribution in [2.75, 3.05) is 6.54 Å². The molecule has 0 saturated heterocycles. The Balaban J connectivity index is 2.04. The molecule has 2 rings (SSSR count). The predicted molar refractivity (Wildman–Crippen MR) is 85.4 cm³/mol. The van der Waals surface area contributed by atoms with Crippen LogP contribution in [0.1, 0.15) is 44.6 Å². The Labute approximate surface area is 131 Å². The van der Waals surface area contributed by atoms with E-state index in [2.05, 4.69) is 5.32 Å². The monoisotopic (exact) mass is 309 g/mol. The number of aliphatic hydroxyl groups is 1. The van der Waals surface area contributed by atoms with E-state index < -0.39 is 0 Å². The Kier molecular flexibility index (Phi) is 5.65. The lowest BCUT2D eigenvalue weighted by Gasteiger charge is -2.28. The van der Waals surface area contributed by atoms with Crippen LogP contribution in [0.2, 0.25) is 5.02 Å². The second-order valence-corrected chi connectivity index (χ2v) is 6.62. The Morgan fingerprint density at radius 1 is 1.43 bits per heavy atom. The van der Waals surface area contributed by atoms with E-state index >= 15 is 0 Å². The van der Waals surface area contributed by atoms with Crippen LogP contribution in [0.3, 0.4) is 0 Å². The van der Waals surface area contributed by atoms with Crippen LogP contribution in [0.5, 0.6) is 0 Å². The third-order valence-corrected chi connectivity index (χ3v) is 4.56. The third-order valence-electron chi connectivity index (χ3n) is 4.32. The van der Waals surface area contributed by atoms with E-state index in [0.717, 1.165) is 42.7 Å². The number of aliphatic hydroxyl groups excluding tert-OH is 1. The molecule has 3 nitrogen and oxygen atoms in total. The zero-order chi connectivity index (χ0) is 15.3. The van der Waals surface area contributed by atoms with E-state index in [1.54, 1.807) is 6.92 Å². The van der Waals surface area contributed by atoms with Crippen LogP contribution in [0.15, 0.2) is 24.3 Å². The maximum absolute atomic E-state index is 12.6. The molecule has 1 saturated carbocycles. The lowest BCUT2D eigenvalue weighted by molar-refractivity contribution is -0.130. The average Bonchev–Trinajstić information content (AvgIpc) is 2.88. The summed E-state index contributed by atoms with van der Waals surface area (Å²) in [6.07, 6.45) is 5.03. The van der Waals surface area contributed by atoms with Crippen molar-refractivity contribution in [2.24, 2.45) is 5.41 Å². The highest BCUT2D eigenvalue weighted by atomic mass is 35.5. The van der Waals surface area contributed by atoms with E-state index in [9.17, 15) is 9.90 Å². The van der Waals surface area contributed by atoms with Gasteiger partial charge in [-0.1, -0.05) is 36.6 Å². The van der Waals surface area contributed by atoms with E-state index in [4.69, 9.17) is 11.6 Å². The molecule has 0 aromatic heterocycles. The summed E-state index contributed by atoms with van der Waals surface area (Å²) >= 11 is 6.05. The summed E-state index contributed by atoms with van der Waals surface area (Å²) < 4.78 is 0. The maximum atomic E-state index is 12.6. The molecule has 1 atom stereocenters. The standard InChI is InChI=1S/C17H24ClNO2/c1-13(20)7-10-19-16(21)17(8-2-3-9-17)12-14-5-4-6-15(18)11-14/h4-6,11,13,20H,2-3,7-10,12H2,1H3,(H,19,21). The van der Waals surface area contributed by atoms with Crippen molar-refractivity contribution in [3.8, 4) is 0 Å². The van der Waals surface area contributed by atoms with Gasteiger partial charge in [-0.2, -0.15) is 0 Å². The fourth-order valence-corrected chi connectivity index (χ4v) is 3.37. The fourth-order valence-electron chi connectivity index (χ4n) is 3.16. The summed E-state index contributed by atoms with van der Waals surface area (Å²) in [6.45, 7) is 2.28. The number of carbonyl (C=O) groups excluding carboxylic acids is 1. The fraction of sp³-hybridized carbons (Fsp3) is 0.588. The Morgan fingerprint density at radius 2 is 2.14 bits per heavy atom. The molecule has 0 spiro atoms. The topological polar surface area (TPSA) is 49.3 Å². The molecule has 116 valence electrons. The molecule has 0 aliphatic heterocycles. The number of carbonyl (C=O) groups is 1. The predicted octanol–water partition coefficient (Wildman–Crippen LogP) is 3.33. The molecule has 0 heterocycles. The van der Waals surface area contributed by atoms with Gasteiger partial charge < -0.3 is 10.4 Å². The molecule has 21 heavy (non-hydrogen) atoms. The Hall–Kier alpha value is -1.06. The first kappa shape index (κ1) is 16.3. The van der Waals surface area contributed by atoms with Gasteiger partial charge in [-0.05, 0) is 50.3 Å². The minimum absolute atomic E-state index is 0.126. The summed E-state index contributed by atoms with van der Waals surface area (Å²) in [7, 11) is 0. The molecule has 1 aromatic carbocycles. The van der Waals surface area contributed by atoms with Crippen molar-refractivity contribution in [2.45, 2.75) is 51.6 Å². The molecule has 1 amide bonds. The highest BCUT2D eigenvalue weighted by Crippen LogP contribution is 2.41. The third kappa shape index (κ3) is 4.45. The van der Waals surface area contributed by atoms with Gasteiger partial charge in [0.2, 0.25) is 5.91 Å². The lowest BCUT2D eigenvalue weighted by atomic mass is 9.79. The molecule has 1 fully saturated rings. The van der Waals surface area contributed by atoms with Crippen molar-refractivity contribution in [3.05, 3.63) is 34.9 Å². The van der Waals surface area contributed by atoms with E-state index in [-0.39, 0.29) is 17.4 Å². The van der Waals surface area contributed by atoms with Crippen molar-refractivity contribution in [1.29, 1.82) is 0 Å². The first-order valence-corrected chi connectivity index (χ1v) is 8.10. The second-order valence-electron chi connectivity index (χ2n) is 6.19. The molecule has 0 bridgehead atoms. The van der Waals surface area contributed by atoms with Gasteiger partial charge in [0.25, 0.3) is 0 Å². The van der Waals surface area contributed by atoms with Crippen LogP contribution in [-0.4, -0.2) is 23.7 Å². The molecule has 1 unspecified atom stereocenters. The number of halogens is 1.